The highest BCUT2D eigenvalue weighted by Gasteiger charge is 2.30. The molecular formula is C14H18Cl2N2O2S. The maximum absolute atomic E-state index is 12.8. The normalized spacial score (nSPS) is 12.4. The van der Waals surface area contributed by atoms with E-state index in [9.17, 15) is 8.42 Å². The molecule has 0 amide bonds. The molecule has 0 radical (unpaired) electrons. The molecule has 1 aromatic carbocycles. The van der Waals surface area contributed by atoms with Crippen LogP contribution in [0.25, 0.3) is 0 Å². The van der Waals surface area contributed by atoms with E-state index in [0.717, 1.165) is 0 Å². The average molecular weight is 349 g/mol. The Hall–Kier alpha value is -0.800. The lowest BCUT2D eigenvalue weighted by molar-refractivity contribution is 0.285. The number of nitriles is 1. The smallest absolute Gasteiger partial charge is 0.207 e. The third-order valence-corrected chi connectivity index (χ3v) is 5.20. The number of hydrogen-bond donors (Lipinski definition) is 0. The summed E-state index contributed by atoms with van der Waals surface area (Å²) in [5.41, 5.74) is -0.242. The van der Waals surface area contributed by atoms with E-state index in [4.69, 9.17) is 28.5 Å². The van der Waals surface area contributed by atoms with Crippen molar-refractivity contribution in [2.75, 3.05) is 13.1 Å². The van der Waals surface area contributed by atoms with Gasteiger partial charge in [0.2, 0.25) is 10.0 Å². The Kier molecular flexibility index (Phi) is 6.06. The predicted octanol–water partition coefficient (Wildman–Crippen LogP) is 3.94. The number of nitrogens with zero attached hydrogens (tertiary/aromatic N) is 2. The van der Waals surface area contributed by atoms with Crippen LogP contribution >= 0.6 is 23.2 Å². The van der Waals surface area contributed by atoms with Crippen LogP contribution in [0, 0.1) is 16.7 Å². The summed E-state index contributed by atoms with van der Waals surface area (Å²) in [6, 6.07) is 6.29. The Labute approximate surface area is 136 Å². The lowest BCUT2D eigenvalue weighted by Gasteiger charge is -2.29. The molecule has 0 atom stereocenters. The van der Waals surface area contributed by atoms with Crippen LogP contribution in [0.3, 0.4) is 0 Å². The maximum Gasteiger partial charge on any atom is 0.244 e. The van der Waals surface area contributed by atoms with E-state index in [1.807, 2.05) is 26.8 Å². The molecule has 0 aliphatic rings. The van der Waals surface area contributed by atoms with Gasteiger partial charge in [0.25, 0.3) is 0 Å². The van der Waals surface area contributed by atoms with Gasteiger partial charge in [-0.15, -0.1) is 0 Å². The van der Waals surface area contributed by atoms with Gasteiger partial charge < -0.3 is 0 Å². The second-order valence-corrected chi connectivity index (χ2v) is 8.63. The molecule has 0 saturated carbocycles. The first-order chi connectivity index (χ1) is 9.58. The molecule has 0 heterocycles. The van der Waals surface area contributed by atoms with Gasteiger partial charge in [-0.2, -0.15) is 9.57 Å². The van der Waals surface area contributed by atoms with Crippen molar-refractivity contribution in [3.63, 3.8) is 0 Å². The van der Waals surface area contributed by atoms with Gasteiger partial charge in [0.05, 0.1) is 11.1 Å². The Balaban J connectivity index is 3.26. The molecule has 0 aromatic heterocycles. The summed E-state index contributed by atoms with van der Waals surface area (Å²) >= 11 is 11.9. The molecule has 0 aliphatic carbocycles. The van der Waals surface area contributed by atoms with Gasteiger partial charge in [0.1, 0.15) is 4.90 Å². The summed E-state index contributed by atoms with van der Waals surface area (Å²) < 4.78 is 26.8. The van der Waals surface area contributed by atoms with E-state index in [1.165, 1.54) is 22.5 Å². The molecule has 1 rings (SSSR count). The molecule has 0 bridgehead atoms. The highest BCUT2D eigenvalue weighted by molar-refractivity contribution is 7.89. The van der Waals surface area contributed by atoms with E-state index in [1.54, 1.807) is 0 Å². The molecule has 7 heteroatoms. The van der Waals surface area contributed by atoms with E-state index >= 15 is 0 Å². The molecule has 21 heavy (non-hydrogen) atoms. The molecular weight excluding hydrogens is 331 g/mol. The van der Waals surface area contributed by atoms with E-state index < -0.39 is 10.0 Å². The van der Waals surface area contributed by atoms with Gasteiger partial charge >= 0.3 is 0 Å². The predicted molar refractivity (Wildman–Crippen MR) is 84.9 cm³/mol. The lowest BCUT2D eigenvalue weighted by atomic mass is 9.97. The lowest BCUT2D eigenvalue weighted by Crippen LogP contribution is -2.38. The average Bonchev–Trinajstić information content (AvgIpc) is 2.35. The molecule has 0 unspecified atom stereocenters. The maximum atomic E-state index is 12.8. The van der Waals surface area contributed by atoms with Gasteiger partial charge in [-0.05, 0) is 23.6 Å². The number of benzene rings is 1. The Morgan fingerprint density at radius 3 is 2.43 bits per heavy atom. The van der Waals surface area contributed by atoms with Gasteiger partial charge in [-0.25, -0.2) is 8.42 Å². The van der Waals surface area contributed by atoms with Crippen LogP contribution in [0.5, 0.6) is 0 Å². The third kappa shape index (κ3) is 5.15. The van der Waals surface area contributed by atoms with E-state index in [-0.39, 0.29) is 28.3 Å². The monoisotopic (exact) mass is 348 g/mol. The van der Waals surface area contributed by atoms with Gasteiger partial charge in [0.15, 0.2) is 0 Å². The number of hydrogen-bond acceptors (Lipinski definition) is 3. The largest absolute Gasteiger partial charge is 0.244 e. The quantitative estimate of drug-likeness (QED) is 0.809. The first-order valence-corrected chi connectivity index (χ1v) is 8.60. The van der Waals surface area contributed by atoms with Crippen molar-refractivity contribution in [2.45, 2.75) is 32.1 Å². The fourth-order valence-corrected chi connectivity index (χ4v) is 4.21. The van der Waals surface area contributed by atoms with Crippen LogP contribution in [0.15, 0.2) is 23.1 Å². The molecule has 0 N–H and O–H groups in total. The van der Waals surface area contributed by atoms with E-state index in [0.29, 0.717) is 11.6 Å². The molecule has 116 valence electrons. The number of rotatable bonds is 5. The van der Waals surface area contributed by atoms with Crippen LogP contribution < -0.4 is 0 Å². The fourth-order valence-electron chi connectivity index (χ4n) is 1.80. The summed E-state index contributed by atoms with van der Waals surface area (Å²) in [5.74, 6) is 0. The minimum atomic E-state index is -3.79. The van der Waals surface area contributed by atoms with Crippen molar-refractivity contribution in [2.24, 2.45) is 5.41 Å². The summed E-state index contributed by atoms with van der Waals surface area (Å²) in [7, 11) is -3.79. The minimum absolute atomic E-state index is 0.0288. The zero-order chi connectivity index (χ0) is 16.3. The van der Waals surface area contributed by atoms with Crippen molar-refractivity contribution < 1.29 is 8.42 Å². The van der Waals surface area contributed by atoms with Gasteiger partial charge in [0, 0.05) is 24.5 Å². The summed E-state index contributed by atoms with van der Waals surface area (Å²) in [6.45, 7) is 6.21. The van der Waals surface area contributed by atoms with Crippen molar-refractivity contribution >= 4 is 33.2 Å². The highest BCUT2D eigenvalue weighted by atomic mass is 35.5. The van der Waals surface area contributed by atoms with Crippen LogP contribution in [-0.2, 0) is 10.0 Å². The van der Waals surface area contributed by atoms with Crippen LogP contribution in [0.1, 0.15) is 27.2 Å². The zero-order valence-electron chi connectivity index (χ0n) is 12.2. The molecule has 0 fully saturated rings. The van der Waals surface area contributed by atoms with Crippen molar-refractivity contribution in [1.82, 2.24) is 4.31 Å². The summed E-state index contributed by atoms with van der Waals surface area (Å²) in [5, 5.41) is 9.15. The Morgan fingerprint density at radius 1 is 1.29 bits per heavy atom. The fraction of sp³-hybridized carbons (Fsp3) is 0.500. The van der Waals surface area contributed by atoms with E-state index in [2.05, 4.69) is 0 Å². The second kappa shape index (κ2) is 6.97. The highest BCUT2D eigenvalue weighted by Crippen LogP contribution is 2.29. The van der Waals surface area contributed by atoms with Crippen LogP contribution in [-0.4, -0.2) is 25.8 Å². The third-order valence-electron chi connectivity index (χ3n) is 2.63. The van der Waals surface area contributed by atoms with Crippen LogP contribution in [0.2, 0.25) is 10.0 Å². The summed E-state index contributed by atoms with van der Waals surface area (Å²) in [6.07, 6.45) is 0.119. The minimum Gasteiger partial charge on any atom is -0.207 e. The number of sulfonamides is 1. The molecule has 0 saturated heterocycles. The standard InChI is InChI=1S/C14H18Cl2N2O2S/c1-14(2,3)10-18(8-4-7-17)21(19,20)13-9-11(15)5-6-12(13)16/h5-6,9H,4,8,10H2,1-3H3. The zero-order valence-corrected chi connectivity index (χ0v) is 14.6. The molecule has 0 spiro atoms. The first-order valence-electron chi connectivity index (χ1n) is 6.40. The van der Waals surface area contributed by atoms with Crippen molar-refractivity contribution in [1.29, 1.82) is 5.26 Å². The van der Waals surface area contributed by atoms with Gasteiger partial charge in [-0.3, -0.25) is 0 Å². The first kappa shape index (κ1) is 18.2. The summed E-state index contributed by atoms with van der Waals surface area (Å²) in [4.78, 5) is -0.0288. The molecule has 4 nitrogen and oxygen atoms in total. The molecule has 1 aromatic rings. The Morgan fingerprint density at radius 2 is 1.90 bits per heavy atom. The van der Waals surface area contributed by atoms with Crippen LogP contribution in [0.4, 0.5) is 0 Å². The molecule has 0 aliphatic heterocycles. The second-order valence-electron chi connectivity index (χ2n) is 5.88. The van der Waals surface area contributed by atoms with Crippen molar-refractivity contribution in [3.05, 3.63) is 28.2 Å². The van der Waals surface area contributed by atoms with Crippen molar-refractivity contribution in [3.8, 4) is 6.07 Å². The van der Waals surface area contributed by atoms with Gasteiger partial charge in [-0.1, -0.05) is 44.0 Å². The topological polar surface area (TPSA) is 61.2 Å². The Bertz CT molecular complexity index is 646. The SMILES string of the molecule is CC(C)(C)CN(CCC#N)S(=O)(=O)c1cc(Cl)ccc1Cl. The number of halogens is 2.